The van der Waals surface area contributed by atoms with Crippen molar-refractivity contribution in [1.29, 1.82) is 0 Å². The Morgan fingerprint density at radius 1 is 1.13 bits per heavy atom. The zero-order valence-corrected chi connectivity index (χ0v) is 13.2. The van der Waals surface area contributed by atoms with E-state index in [0.29, 0.717) is 0 Å². The molecule has 6 heteroatoms. The largest absolute Gasteiger partial charge is 0.491 e. The Hall–Kier alpha value is -2.34. The number of hydrogen-bond donors (Lipinski definition) is 1. The molecule has 0 amide bonds. The van der Waals surface area contributed by atoms with Gasteiger partial charge in [-0.05, 0) is 19.4 Å². The molecule has 1 aromatic rings. The average molecular weight is 320 g/mol. The Kier molecular flexibility index (Phi) is 5.39. The lowest BCUT2D eigenvalue weighted by Crippen LogP contribution is -2.54. The number of esters is 1. The van der Waals surface area contributed by atoms with Crippen LogP contribution < -0.4 is 0 Å². The summed E-state index contributed by atoms with van der Waals surface area (Å²) in [6.45, 7) is 4.03. The van der Waals surface area contributed by atoms with Crippen molar-refractivity contribution in [3.8, 4) is 0 Å². The smallest absolute Gasteiger partial charge is 0.310 e. The van der Waals surface area contributed by atoms with Gasteiger partial charge in [-0.3, -0.25) is 9.59 Å². The van der Waals surface area contributed by atoms with Gasteiger partial charge in [0.05, 0.1) is 19.6 Å². The van der Waals surface area contributed by atoms with Crippen molar-refractivity contribution in [2.75, 3.05) is 13.2 Å². The molecule has 124 valence electrons. The van der Waals surface area contributed by atoms with Gasteiger partial charge in [-0.1, -0.05) is 30.3 Å². The van der Waals surface area contributed by atoms with Gasteiger partial charge in [0.15, 0.2) is 5.76 Å². The highest BCUT2D eigenvalue weighted by molar-refractivity contribution is 6.11. The first kappa shape index (κ1) is 17.0. The average Bonchev–Trinajstić information content (AvgIpc) is 2.57. The lowest BCUT2D eigenvalue weighted by atomic mass is 9.80. The number of aliphatic hydroxyl groups is 1. The Labute approximate surface area is 134 Å². The fourth-order valence-corrected chi connectivity index (χ4v) is 2.28. The predicted molar refractivity (Wildman–Crippen MR) is 81.1 cm³/mol. The van der Waals surface area contributed by atoms with Crippen molar-refractivity contribution in [1.82, 2.24) is 0 Å². The highest BCUT2D eigenvalue weighted by Crippen LogP contribution is 2.39. The molecule has 6 nitrogen and oxygen atoms in total. The van der Waals surface area contributed by atoms with Crippen LogP contribution in [0.25, 0.3) is 0 Å². The van der Waals surface area contributed by atoms with E-state index in [0.717, 1.165) is 5.56 Å². The van der Waals surface area contributed by atoms with Crippen LogP contribution in [0.2, 0.25) is 0 Å². The van der Waals surface area contributed by atoms with E-state index >= 15 is 0 Å². The monoisotopic (exact) mass is 320 g/mol. The molecule has 23 heavy (non-hydrogen) atoms. The molecule has 1 aliphatic rings. The van der Waals surface area contributed by atoms with Crippen molar-refractivity contribution in [3.63, 3.8) is 0 Å². The lowest BCUT2D eigenvalue weighted by Gasteiger charge is -2.37. The van der Waals surface area contributed by atoms with Crippen LogP contribution in [-0.2, 0) is 30.4 Å². The van der Waals surface area contributed by atoms with Gasteiger partial charge in [-0.2, -0.15) is 0 Å². The molecule has 0 saturated heterocycles. The predicted octanol–water partition coefficient (Wildman–Crippen LogP) is 1.72. The van der Waals surface area contributed by atoms with Gasteiger partial charge in [-0.25, -0.2) is 0 Å². The number of Topliss-reactive ketones (excluding diaryl/α,β-unsaturated/α-hetero) is 1. The normalized spacial score (nSPS) is 20.0. The summed E-state index contributed by atoms with van der Waals surface area (Å²) in [7, 11) is 0. The molecule has 0 aliphatic heterocycles. The molecule has 0 heterocycles. The molecule has 0 fully saturated rings. The van der Waals surface area contributed by atoms with E-state index in [-0.39, 0.29) is 31.3 Å². The van der Waals surface area contributed by atoms with Crippen molar-refractivity contribution >= 4 is 11.8 Å². The highest BCUT2D eigenvalue weighted by atomic mass is 16.5. The summed E-state index contributed by atoms with van der Waals surface area (Å²) in [5.41, 5.74) is -1.17. The van der Waals surface area contributed by atoms with Gasteiger partial charge in [-0.15, -0.1) is 0 Å². The number of ether oxygens (including phenoxy) is 3. The second-order valence-electron chi connectivity index (χ2n) is 5.04. The number of ketones is 1. The van der Waals surface area contributed by atoms with E-state index in [1.165, 1.54) is 0 Å². The van der Waals surface area contributed by atoms with Crippen LogP contribution in [0.3, 0.4) is 0 Å². The van der Waals surface area contributed by atoms with Gasteiger partial charge in [0.2, 0.25) is 17.1 Å². The fraction of sp³-hybridized carbons (Fsp3) is 0.412. The molecule has 1 N–H and O–H groups in total. The lowest BCUT2D eigenvalue weighted by molar-refractivity contribution is -0.161. The van der Waals surface area contributed by atoms with E-state index in [9.17, 15) is 14.7 Å². The summed E-state index contributed by atoms with van der Waals surface area (Å²) in [6.07, 6.45) is -0.495. The molecule has 0 radical (unpaired) electrons. The maximum atomic E-state index is 12.0. The molecule has 0 bridgehead atoms. The van der Waals surface area contributed by atoms with Crippen molar-refractivity contribution in [3.05, 3.63) is 47.4 Å². The maximum Gasteiger partial charge on any atom is 0.310 e. The zero-order valence-electron chi connectivity index (χ0n) is 13.2. The Balaban J connectivity index is 2.00. The van der Waals surface area contributed by atoms with Crippen molar-refractivity contribution in [2.45, 2.75) is 32.5 Å². The molecular formula is C17H20O6. The molecular weight excluding hydrogens is 300 g/mol. The minimum Gasteiger partial charge on any atom is -0.491 e. The van der Waals surface area contributed by atoms with Gasteiger partial charge < -0.3 is 19.3 Å². The van der Waals surface area contributed by atoms with E-state index < -0.39 is 23.8 Å². The van der Waals surface area contributed by atoms with E-state index in [4.69, 9.17) is 14.2 Å². The van der Waals surface area contributed by atoms with Crippen LogP contribution in [0.5, 0.6) is 0 Å². The van der Waals surface area contributed by atoms with E-state index in [1.54, 1.807) is 13.8 Å². The van der Waals surface area contributed by atoms with E-state index in [1.807, 2.05) is 30.3 Å². The summed E-state index contributed by atoms with van der Waals surface area (Å²) in [4.78, 5) is 24.0. The third-order valence-corrected chi connectivity index (χ3v) is 3.38. The fourth-order valence-electron chi connectivity index (χ4n) is 2.28. The number of rotatable bonds is 8. The summed E-state index contributed by atoms with van der Waals surface area (Å²) >= 11 is 0. The number of benzene rings is 1. The highest BCUT2D eigenvalue weighted by Gasteiger charge is 2.58. The Morgan fingerprint density at radius 2 is 1.78 bits per heavy atom. The first-order chi connectivity index (χ1) is 11.0. The second-order valence-corrected chi connectivity index (χ2v) is 5.04. The second kappa shape index (κ2) is 7.28. The quantitative estimate of drug-likeness (QED) is 0.735. The first-order valence-electron chi connectivity index (χ1n) is 7.50. The minimum absolute atomic E-state index is 0.00325. The number of carbonyl (C=O) groups is 2. The van der Waals surface area contributed by atoms with Crippen LogP contribution >= 0.6 is 0 Å². The number of hydrogen-bond acceptors (Lipinski definition) is 6. The summed E-state index contributed by atoms with van der Waals surface area (Å²) in [6, 6.07) is 9.15. The van der Waals surface area contributed by atoms with Crippen molar-refractivity contribution in [2.24, 2.45) is 0 Å². The molecule has 0 spiro atoms. The molecule has 1 aromatic carbocycles. The standard InChI is InChI=1S/C17H20O6/c1-3-21-14-15(19)17(20,16(14)22-4-2)10-13(18)23-11-12-8-6-5-7-9-12/h5-9,20H,3-4,10-11H2,1-2H3. The van der Waals surface area contributed by atoms with Crippen LogP contribution in [0.4, 0.5) is 0 Å². The summed E-state index contributed by atoms with van der Waals surface area (Å²) < 4.78 is 15.5. The van der Waals surface area contributed by atoms with Gasteiger partial charge >= 0.3 is 5.97 Å². The maximum absolute atomic E-state index is 12.0. The van der Waals surface area contributed by atoms with E-state index in [2.05, 4.69) is 0 Å². The van der Waals surface area contributed by atoms with Gasteiger partial charge in [0.25, 0.3) is 0 Å². The SMILES string of the molecule is CCOC1=C(OCC)C(O)(CC(=O)OCc2ccccc2)C1=O. The van der Waals surface area contributed by atoms with Crippen LogP contribution in [0.1, 0.15) is 25.8 Å². The summed E-state index contributed by atoms with van der Waals surface area (Å²) in [5, 5.41) is 10.4. The zero-order chi connectivity index (χ0) is 16.9. The van der Waals surface area contributed by atoms with Gasteiger partial charge in [0, 0.05) is 0 Å². The molecule has 2 rings (SSSR count). The number of carbonyl (C=O) groups excluding carboxylic acids is 2. The molecule has 1 unspecified atom stereocenters. The third-order valence-electron chi connectivity index (χ3n) is 3.38. The molecule has 0 saturated carbocycles. The molecule has 1 aliphatic carbocycles. The molecule has 0 aromatic heterocycles. The molecule has 1 atom stereocenters. The Morgan fingerprint density at radius 3 is 2.39 bits per heavy atom. The first-order valence-corrected chi connectivity index (χ1v) is 7.50. The van der Waals surface area contributed by atoms with Crippen LogP contribution in [0.15, 0.2) is 41.9 Å². The Bertz CT molecular complexity index is 607. The van der Waals surface area contributed by atoms with Crippen LogP contribution in [0, 0.1) is 0 Å². The third kappa shape index (κ3) is 3.53. The van der Waals surface area contributed by atoms with Gasteiger partial charge in [0.1, 0.15) is 6.61 Å². The minimum atomic E-state index is -1.99. The topological polar surface area (TPSA) is 82.1 Å². The van der Waals surface area contributed by atoms with Crippen LogP contribution in [-0.4, -0.2) is 35.7 Å². The van der Waals surface area contributed by atoms with Crippen molar-refractivity contribution < 1.29 is 28.9 Å². The summed E-state index contributed by atoms with van der Waals surface area (Å²) in [5.74, 6) is -1.35.